The Bertz CT molecular complexity index is 1540. The van der Waals surface area contributed by atoms with Gasteiger partial charge in [-0.3, -0.25) is 4.55 Å². The lowest BCUT2D eigenvalue weighted by atomic mass is 9.98. The zero-order valence-corrected chi connectivity index (χ0v) is 19.2. The fourth-order valence-corrected chi connectivity index (χ4v) is 4.70. The zero-order chi connectivity index (χ0) is 22.9. The molecule has 4 aromatic carbocycles. The molecule has 1 N–H and O–H groups in total. The van der Waals surface area contributed by atoms with Crippen molar-refractivity contribution in [2.75, 3.05) is 0 Å². The minimum atomic E-state index is -4.02. The van der Waals surface area contributed by atoms with E-state index in [9.17, 15) is 8.42 Å². The first-order valence-corrected chi connectivity index (χ1v) is 12.0. The van der Waals surface area contributed by atoms with Gasteiger partial charge >= 0.3 is 0 Å². The van der Waals surface area contributed by atoms with Crippen LogP contribution in [-0.2, 0) is 16.7 Å². The summed E-state index contributed by atoms with van der Waals surface area (Å²) in [5.41, 5.74) is 4.98. The van der Waals surface area contributed by atoms with E-state index in [4.69, 9.17) is 4.55 Å². The minimum Gasteiger partial charge on any atom is -0.282 e. The van der Waals surface area contributed by atoms with Gasteiger partial charge in [-0.1, -0.05) is 54.1 Å². The number of benzene rings is 4. The number of pyridine rings is 1. The number of hydrogen-bond donors (Lipinski definition) is 1. The molecule has 162 valence electrons. The summed E-state index contributed by atoms with van der Waals surface area (Å²) in [5.74, 6) is 0. The third-order valence-corrected chi connectivity index (χ3v) is 6.67. The first-order chi connectivity index (χ1) is 15.3. The van der Waals surface area contributed by atoms with E-state index in [2.05, 4.69) is 79.1 Å². The first kappa shape index (κ1) is 21.9. The second-order valence-electron chi connectivity index (χ2n) is 7.86. The van der Waals surface area contributed by atoms with Crippen molar-refractivity contribution in [3.05, 3.63) is 96.1 Å². The monoisotopic (exact) mass is 444 g/mol. The second-order valence-corrected chi connectivity index (χ2v) is 9.28. The molecule has 0 spiro atoms. The van der Waals surface area contributed by atoms with Gasteiger partial charge < -0.3 is 0 Å². The van der Waals surface area contributed by atoms with Gasteiger partial charge in [0, 0.05) is 17.5 Å². The topological polar surface area (TPSA) is 58.2 Å². The zero-order valence-electron chi connectivity index (χ0n) is 18.4. The van der Waals surface area contributed by atoms with Crippen molar-refractivity contribution in [3.63, 3.8) is 0 Å². The van der Waals surface area contributed by atoms with E-state index in [1.54, 1.807) is 12.1 Å². The lowest BCUT2D eigenvalue weighted by molar-refractivity contribution is -0.641. The van der Waals surface area contributed by atoms with Crippen molar-refractivity contribution in [1.82, 2.24) is 0 Å². The molecule has 1 heterocycles. The Kier molecular flexibility index (Phi) is 5.96. The summed E-state index contributed by atoms with van der Waals surface area (Å²) in [7, 11) is -4.02. The summed E-state index contributed by atoms with van der Waals surface area (Å²) in [6.07, 6.45) is 0. The first-order valence-electron chi connectivity index (χ1n) is 10.6. The summed E-state index contributed by atoms with van der Waals surface area (Å²) >= 11 is 0. The van der Waals surface area contributed by atoms with Crippen LogP contribution in [0, 0.1) is 13.8 Å². The average molecular weight is 445 g/mol. The van der Waals surface area contributed by atoms with Gasteiger partial charge in [0.1, 0.15) is 6.54 Å². The quantitative estimate of drug-likeness (QED) is 0.157. The Labute approximate surface area is 188 Å². The number of para-hydroxylation sites is 1. The molecule has 0 saturated carbocycles. The molecule has 0 unspecified atom stereocenters. The van der Waals surface area contributed by atoms with E-state index in [-0.39, 0.29) is 4.90 Å². The molecule has 1 aromatic heterocycles. The van der Waals surface area contributed by atoms with Crippen LogP contribution >= 0.6 is 0 Å². The Morgan fingerprint density at radius 1 is 0.750 bits per heavy atom. The molecular weight excluding hydrogens is 418 g/mol. The number of nitrogens with zero attached hydrogens (tertiary/aromatic N) is 1. The van der Waals surface area contributed by atoms with Crippen LogP contribution in [0.3, 0.4) is 0 Å². The predicted octanol–water partition coefficient (Wildman–Crippen LogP) is 6.00. The van der Waals surface area contributed by atoms with Gasteiger partial charge in [0.05, 0.1) is 10.3 Å². The lowest BCUT2D eigenvalue weighted by Gasteiger charge is -2.10. The molecule has 0 saturated heterocycles. The molecule has 0 amide bonds. The van der Waals surface area contributed by atoms with Crippen LogP contribution in [0.15, 0.2) is 89.8 Å². The van der Waals surface area contributed by atoms with Gasteiger partial charge in [-0.15, -0.1) is 0 Å². The largest absolute Gasteiger partial charge is 0.294 e. The summed E-state index contributed by atoms with van der Waals surface area (Å²) < 4.78 is 32.0. The summed E-state index contributed by atoms with van der Waals surface area (Å²) in [4.78, 5) is -0.0666. The van der Waals surface area contributed by atoms with E-state index >= 15 is 0 Å². The van der Waals surface area contributed by atoms with E-state index < -0.39 is 10.1 Å². The molecule has 4 nitrogen and oxygen atoms in total. The van der Waals surface area contributed by atoms with Gasteiger partial charge in [0.25, 0.3) is 10.1 Å². The number of aromatic nitrogens is 1. The molecule has 0 aliphatic rings. The third kappa shape index (κ3) is 4.09. The van der Waals surface area contributed by atoms with Crippen LogP contribution in [-0.4, -0.2) is 13.0 Å². The highest BCUT2D eigenvalue weighted by Crippen LogP contribution is 2.30. The standard InChI is InChI=1S/C20H18N.C7H8O3S/c1-3-21-18-11-7-6-9-16(18)14(2)20-17-10-5-4-8-15(17)12-13-19(20)21;1-6-2-4-7(5-3-6)11(8,9)10/h4-13H,3H2,1-2H3;2-5H,1H3,(H,8,9,10)/q+1;. The van der Waals surface area contributed by atoms with E-state index in [1.807, 2.05) is 6.92 Å². The molecule has 5 rings (SSSR count). The van der Waals surface area contributed by atoms with Crippen LogP contribution in [0.5, 0.6) is 0 Å². The number of hydrogen-bond acceptors (Lipinski definition) is 2. The van der Waals surface area contributed by atoms with Crippen molar-refractivity contribution in [3.8, 4) is 0 Å². The van der Waals surface area contributed by atoms with Gasteiger partial charge in [-0.2, -0.15) is 13.0 Å². The van der Waals surface area contributed by atoms with E-state index in [0.29, 0.717) is 0 Å². The predicted molar refractivity (Wildman–Crippen MR) is 131 cm³/mol. The molecule has 0 fully saturated rings. The van der Waals surface area contributed by atoms with Gasteiger partial charge in [0.2, 0.25) is 11.0 Å². The summed E-state index contributed by atoms with van der Waals surface area (Å²) in [6, 6.07) is 27.9. The average Bonchev–Trinajstić information content (AvgIpc) is 2.79. The molecule has 0 aliphatic heterocycles. The summed E-state index contributed by atoms with van der Waals surface area (Å²) in [5, 5.41) is 5.39. The van der Waals surface area contributed by atoms with Crippen LogP contribution in [0.2, 0.25) is 0 Å². The van der Waals surface area contributed by atoms with Crippen LogP contribution in [0.25, 0.3) is 32.6 Å². The smallest absolute Gasteiger partial charge is 0.282 e. The number of rotatable bonds is 2. The number of aryl methyl sites for hydroxylation is 3. The Morgan fingerprint density at radius 2 is 1.38 bits per heavy atom. The normalized spacial score (nSPS) is 11.5. The minimum absolute atomic E-state index is 0.0666. The highest BCUT2D eigenvalue weighted by atomic mass is 32.2. The molecule has 0 atom stereocenters. The van der Waals surface area contributed by atoms with Crippen LogP contribution < -0.4 is 4.57 Å². The van der Waals surface area contributed by atoms with Crippen LogP contribution in [0.4, 0.5) is 0 Å². The Hall–Kier alpha value is -3.28. The molecule has 5 heteroatoms. The van der Waals surface area contributed by atoms with Crippen molar-refractivity contribution >= 4 is 42.7 Å². The maximum absolute atomic E-state index is 10.5. The second kappa shape index (κ2) is 8.69. The lowest BCUT2D eigenvalue weighted by Crippen LogP contribution is -2.34. The highest BCUT2D eigenvalue weighted by Gasteiger charge is 2.18. The SMILES string of the molecule is CC[n+]1c2ccccc2c(C)c2c3ccccc3ccc21.Cc1ccc(S(=O)(=O)O)cc1. The molecule has 0 aliphatic carbocycles. The summed E-state index contributed by atoms with van der Waals surface area (Å²) in [6.45, 7) is 7.29. The van der Waals surface area contributed by atoms with E-state index in [0.717, 1.165) is 12.1 Å². The molecule has 5 aromatic rings. The number of fused-ring (bicyclic) bond motifs is 4. The fraction of sp³-hybridized carbons (Fsp3) is 0.148. The van der Waals surface area contributed by atoms with E-state index in [1.165, 1.54) is 50.3 Å². The van der Waals surface area contributed by atoms with Gasteiger partial charge in [-0.05, 0) is 61.4 Å². The Balaban J connectivity index is 0.000000189. The molecular formula is C27H26NO3S+. The maximum atomic E-state index is 10.5. The van der Waals surface area contributed by atoms with Crippen molar-refractivity contribution in [2.45, 2.75) is 32.2 Å². The van der Waals surface area contributed by atoms with Gasteiger partial charge in [0.15, 0.2) is 0 Å². The highest BCUT2D eigenvalue weighted by molar-refractivity contribution is 7.85. The molecule has 0 bridgehead atoms. The maximum Gasteiger partial charge on any atom is 0.294 e. The van der Waals surface area contributed by atoms with Crippen LogP contribution in [0.1, 0.15) is 18.1 Å². The molecule has 0 radical (unpaired) electrons. The third-order valence-electron chi connectivity index (χ3n) is 5.81. The fourth-order valence-electron chi connectivity index (χ4n) is 4.22. The Morgan fingerprint density at radius 3 is 2.03 bits per heavy atom. The van der Waals surface area contributed by atoms with Gasteiger partial charge in [-0.25, -0.2) is 0 Å². The van der Waals surface area contributed by atoms with Crippen molar-refractivity contribution < 1.29 is 17.5 Å². The molecule has 32 heavy (non-hydrogen) atoms. The van der Waals surface area contributed by atoms with Crippen molar-refractivity contribution in [2.24, 2.45) is 0 Å². The van der Waals surface area contributed by atoms with Crippen molar-refractivity contribution in [1.29, 1.82) is 0 Å².